The zero-order valence-corrected chi connectivity index (χ0v) is 27.1. The van der Waals surface area contributed by atoms with Crippen molar-refractivity contribution in [2.75, 3.05) is 11.9 Å². The van der Waals surface area contributed by atoms with Crippen molar-refractivity contribution in [1.29, 1.82) is 0 Å². The predicted molar refractivity (Wildman–Crippen MR) is 204 cm³/mol. The van der Waals surface area contributed by atoms with Crippen LogP contribution in [0, 0.1) is 0 Å². The van der Waals surface area contributed by atoms with Crippen LogP contribution in [-0.4, -0.2) is 26.4 Å². The van der Waals surface area contributed by atoms with E-state index in [1.807, 2.05) is 0 Å². The zero-order valence-electron chi connectivity index (χ0n) is 26.1. The molecule has 0 fully saturated rings. The van der Waals surface area contributed by atoms with E-state index in [1.165, 1.54) is 76.0 Å². The first kappa shape index (κ1) is 26.6. The second kappa shape index (κ2) is 9.96. The van der Waals surface area contributed by atoms with E-state index in [9.17, 15) is 0 Å². The van der Waals surface area contributed by atoms with Crippen molar-refractivity contribution in [1.82, 2.24) is 4.57 Å². The Morgan fingerprint density at radius 1 is 0.468 bits per heavy atom. The first-order valence-corrected chi connectivity index (χ1v) is 18.5. The summed E-state index contributed by atoms with van der Waals surface area (Å²) in [7, 11) is -0.370. The van der Waals surface area contributed by atoms with Gasteiger partial charge in [-0.05, 0) is 62.0 Å². The summed E-state index contributed by atoms with van der Waals surface area (Å²) < 4.78 is 2.43. The molecule has 0 saturated heterocycles. The normalized spacial score (nSPS) is 14.1. The number of fused-ring (bicyclic) bond motifs is 7. The number of anilines is 2. The Kier molecular flexibility index (Phi) is 5.64. The van der Waals surface area contributed by atoms with Crippen molar-refractivity contribution in [2.45, 2.75) is 0 Å². The fourth-order valence-electron chi connectivity index (χ4n) is 8.89. The molecule has 0 spiro atoms. The minimum Gasteiger partial charge on any atom is -0.345 e. The van der Waals surface area contributed by atoms with Crippen LogP contribution in [0.4, 0.5) is 11.4 Å². The van der Waals surface area contributed by atoms with Gasteiger partial charge in [-0.2, -0.15) is 0 Å². The SMILES string of the molecule is CN1c2cc(-n3c4ccccc4c4ccccc43)ccc2B2c3ccccc3[Si](c3ccccc3)(c3ccccc3)c3cccc1c32. The molecule has 2 aliphatic rings. The number of aromatic nitrogens is 1. The highest BCUT2D eigenvalue weighted by Crippen LogP contribution is 2.35. The van der Waals surface area contributed by atoms with E-state index in [2.05, 4.69) is 186 Å². The Morgan fingerprint density at radius 3 is 1.72 bits per heavy atom. The van der Waals surface area contributed by atoms with Gasteiger partial charge in [0.25, 0.3) is 0 Å². The lowest BCUT2D eigenvalue weighted by molar-refractivity contribution is 1.16. The van der Waals surface area contributed by atoms with Gasteiger partial charge in [0.2, 0.25) is 6.71 Å². The Morgan fingerprint density at radius 2 is 1.04 bits per heavy atom. The summed E-state index contributed by atoms with van der Waals surface area (Å²) in [4.78, 5) is 2.45. The Bertz CT molecular complexity index is 2410. The molecule has 7 aromatic carbocycles. The number of nitrogens with zero attached hydrogens (tertiary/aromatic N) is 2. The standard InChI is InChI=1S/C43H31BN2Si/c1-45-39-24-14-26-42-43(39)44(36-21-10-13-25-41(36)47(42,31-15-4-2-5-16-31)32-17-6-3-7-18-32)35-28-27-30(29-40(35)45)46-37-22-11-8-19-33(37)34-20-9-12-23-38(34)46/h2-29H,1H3. The molecule has 2 nitrogen and oxygen atoms in total. The van der Waals surface area contributed by atoms with E-state index in [-0.39, 0.29) is 6.71 Å². The molecule has 47 heavy (non-hydrogen) atoms. The summed E-state index contributed by atoms with van der Waals surface area (Å²) in [5.74, 6) is 0. The van der Waals surface area contributed by atoms with Crippen molar-refractivity contribution in [3.63, 3.8) is 0 Å². The number of benzene rings is 7. The molecule has 0 aliphatic carbocycles. The third kappa shape index (κ3) is 3.51. The maximum atomic E-state index is 2.45. The molecular formula is C43H31BN2Si. The van der Waals surface area contributed by atoms with Crippen molar-refractivity contribution < 1.29 is 0 Å². The van der Waals surface area contributed by atoms with Gasteiger partial charge in [-0.25, -0.2) is 0 Å². The maximum Gasteiger partial charge on any atom is 0.246 e. The van der Waals surface area contributed by atoms with Crippen LogP contribution in [-0.2, 0) is 0 Å². The highest BCUT2D eigenvalue weighted by Gasteiger charge is 2.52. The molecule has 4 heteroatoms. The van der Waals surface area contributed by atoms with Crippen LogP contribution in [0.25, 0.3) is 27.5 Å². The van der Waals surface area contributed by atoms with Crippen LogP contribution in [0.5, 0.6) is 0 Å². The summed E-state index contributed by atoms with van der Waals surface area (Å²) in [5.41, 5.74) is 10.5. The van der Waals surface area contributed by atoms with Gasteiger partial charge >= 0.3 is 0 Å². The summed E-state index contributed by atoms with van der Waals surface area (Å²) in [6.07, 6.45) is 0. The smallest absolute Gasteiger partial charge is 0.246 e. The second-order valence-electron chi connectivity index (χ2n) is 12.9. The van der Waals surface area contributed by atoms with E-state index in [0.29, 0.717) is 0 Å². The van der Waals surface area contributed by atoms with E-state index < -0.39 is 8.07 Å². The van der Waals surface area contributed by atoms with Gasteiger partial charge in [-0.15, -0.1) is 0 Å². The van der Waals surface area contributed by atoms with Gasteiger partial charge in [0.1, 0.15) is 0 Å². The molecule has 8 aromatic rings. The summed E-state index contributed by atoms with van der Waals surface area (Å²) in [6.45, 7) is 0.156. The number of para-hydroxylation sites is 2. The molecule has 220 valence electrons. The van der Waals surface area contributed by atoms with Crippen LogP contribution < -0.4 is 42.0 Å². The summed E-state index contributed by atoms with van der Waals surface area (Å²) in [6, 6.07) is 63.8. The molecule has 10 rings (SSSR count). The molecule has 0 radical (unpaired) electrons. The van der Waals surface area contributed by atoms with Gasteiger partial charge in [0, 0.05) is 34.9 Å². The Labute approximate surface area is 276 Å². The van der Waals surface area contributed by atoms with Crippen molar-refractivity contribution in [3.05, 3.63) is 170 Å². The van der Waals surface area contributed by atoms with Gasteiger partial charge in [0.05, 0.1) is 11.0 Å². The van der Waals surface area contributed by atoms with Crippen LogP contribution >= 0.6 is 0 Å². The fraction of sp³-hybridized carbons (Fsp3) is 0.0233. The van der Waals surface area contributed by atoms with Gasteiger partial charge in [-0.1, -0.05) is 145 Å². The highest BCUT2D eigenvalue weighted by atomic mass is 28.3. The minimum atomic E-state index is -2.63. The molecule has 3 heterocycles. The first-order chi connectivity index (χ1) is 23.3. The third-order valence-electron chi connectivity index (χ3n) is 10.8. The van der Waals surface area contributed by atoms with E-state index >= 15 is 0 Å². The Hall–Kier alpha value is -5.58. The van der Waals surface area contributed by atoms with Crippen molar-refractivity contribution >= 4 is 85.1 Å². The van der Waals surface area contributed by atoms with Crippen LogP contribution in [0.1, 0.15) is 0 Å². The van der Waals surface area contributed by atoms with E-state index in [1.54, 1.807) is 0 Å². The van der Waals surface area contributed by atoms with Crippen LogP contribution in [0.2, 0.25) is 0 Å². The lowest BCUT2D eigenvalue weighted by Crippen LogP contribution is -2.87. The summed E-state index contributed by atoms with van der Waals surface area (Å²) in [5, 5.41) is 8.43. The molecular weight excluding hydrogens is 583 g/mol. The maximum absolute atomic E-state index is 2.63. The molecule has 2 aliphatic heterocycles. The first-order valence-electron chi connectivity index (χ1n) is 16.5. The molecule has 0 N–H and O–H groups in total. The third-order valence-corrected chi connectivity index (χ3v) is 15.7. The van der Waals surface area contributed by atoms with Crippen LogP contribution in [0.15, 0.2) is 170 Å². The highest BCUT2D eigenvalue weighted by molar-refractivity contribution is 7.26. The minimum absolute atomic E-state index is 0.156. The van der Waals surface area contributed by atoms with Crippen molar-refractivity contribution in [2.24, 2.45) is 0 Å². The lowest BCUT2D eigenvalue weighted by atomic mass is 9.35. The molecule has 0 saturated carbocycles. The second-order valence-corrected chi connectivity index (χ2v) is 16.6. The number of rotatable bonds is 3. The quantitative estimate of drug-likeness (QED) is 0.253. The number of hydrogen-bond donors (Lipinski definition) is 0. The van der Waals surface area contributed by atoms with E-state index in [0.717, 1.165) is 0 Å². The predicted octanol–water partition coefficient (Wildman–Crippen LogP) is 5.07. The zero-order chi connectivity index (χ0) is 31.1. The van der Waals surface area contributed by atoms with Gasteiger partial charge < -0.3 is 9.47 Å². The molecule has 1 aromatic heterocycles. The van der Waals surface area contributed by atoms with Gasteiger partial charge in [-0.3, -0.25) is 0 Å². The van der Waals surface area contributed by atoms with Gasteiger partial charge in [0.15, 0.2) is 8.07 Å². The lowest BCUT2D eigenvalue weighted by Gasteiger charge is -2.46. The van der Waals surface area contributed by atoms with E-state index in [4.69, 9.17) is 0 Å². The summed E-state index contributed by atoms with van der Waals surface area (Å²) >= 11 is 0. The molecule has 0 amide bonds. The molecule has 0 unspecified atom stereocenters. The monoisotopic (exact) mass is 614 g/mol. The number of hydrogen-bond acceptors (Lipinski definition) is 1. The Balaban J connectivity index is 1.27. The molecule has 0 bridgehead atoms. The topological polar surface area (TPSA) is 8.17 Å². The largest absolute Gasteiger partial charge is 0.345 e. The average Bonchev–Trinajstić information content (AvgIpc) is 3.48. The fourth-order valence-corrected chi connectivity index (χ4v) is 14.2. The molecule has 0 atom stereocenters. The van der Waals surface area contributed by atoms with Crippen LogP contribution in [0.3, 0.4) is 0 Å². The average molecular weight is 615 g/mol. The van der Waals surface area contributed by atoms with Crippen molar-refractivity contribution in [3.8, 4) is 5.69 Å².